The van der Waals surface area contributed by atoms with Gasteiger partial charge in [0.25, 0.3) is 0 Å². The Balaban J connectivity index is 2.67. The van der Waals surface area contributed by atoms with Crippen LogP contribution in [0.1, 0.15) is 39.7 Å². The first kappa shape index (κ1) is 16.8. The van der Waals surface area contributed by atoms with Crippen LogP contribution in [0, 0.1) is 16.7 Å². The fourth-order valence-corrected chi connectivity index (χ4v) is 1.81. The number of hydrogen-bond acceptors (Lipinski definition) is 3. The van der Waals surface area contributed by atoms with Crippen molar-refractivity contribution in [3.8, 4) is 11.8 Å². The average Bonchev–Trinajstić information content (AvgIpc) is 2.38. The van der Waals surface area contributed by atoms with Gasteiger partial charge in [0.1, 0.15) is 5.75 Å². The van der Waals surface area contributed by atoms with Crippen LogP contribution in [0.3, 0.4) is 0 Å². The first-order chi connectivity index (χ1) is 9.34. The number of benzene rings is 1. The van der Waals surface area contributed by atoms with Crippen molar-refractivity contribution in [2.45, 2.75) is 46.7 Å². The highest BCUT2D eigenvalue weighted by Gasteiger charge is 2.16. The molecule has 0 saturated carbocycles. The second-order valence-electron chi connectivity index (χ2n) is 5.88. The first-order valence-electron chi connectivity index (χ1n) is 6.90. The van der Waals surface area contributed by atoms with Crippen molar-refractivity contribution in [1.82, 2.24) is 5.32 Å². The molecule has 0 spiro atoms. The zero-order valence-electron chi connectivity index (χ0n) is 12.7. The van der Waals surface area contributed by atoms with E-state index in [1.54, 1.807) is 0 Å². The molecule has 1 aromatic rings. The number of ether oxygens (including phenoxy) is 1. The summed E-state index contributed by atoms with van der Waals surface area (Å²) < 4.78 is 5.81. The predicted octanol–water partition coefficient (Wildman–Crippen LogP) is 4.16. The SMILES string of the molecule is CC(C)NCc1cc(Cl)ccc1OCCC(C)(C)C#N. The van der Waals surface area contributed by atoms with E-state index in [1.165, 1.54) is 0 Å². The summed E-state index contributed by atoms with van der Waals surface area (Å²) >= 11 is 6.03. The molecule has 0 bridgehead atoms. The predicted molar refractivity (Wildman–Crippen MR) is 82.9 cm³/mol. The lowest BCUT2D eigenvalue weighted by Gasteiger charge is -2.17. The summed E-state index contributed by atoms with van der Waals surface area (Å²) in [7, 11) is 0. The fraction of sp³-hybridized carbons (Fsp3) is 0.562. The number of nitrogens with zero attached hydrogens (tertiary/aromatic N) is 1. The molecule has 0 saturated heterocycles. The first-order valence-corrected chi connectivity index (χ1v) is 7.28. The molecule has 0 aliphatic rings. The molecule has 1 aromatic carbocycles. The lowest BCUT2D eigenvalue weighted by Crippen LogP contribution is -2.22. The smallest absolute Gasteiger partial charge is 0.123 e. The van der Waals surface area contributed by atoms with Crippen LogP contribution >= 0.6 is 11.6 Å². The minimum absolute atomic E-state index is 0.358. The van der Waals surface area contributed by atoms with Gasteiger partial charge in [-0.15, -0.1) is 0 Å². The minimum Gasteiger partial charge on any atom is -0.493 e. The summed E-state index contributed by atoms with van der Waals surface area (Å²) in [5.41, 5.74) is 0.684. The largest absolute Gasteiger partial charge is 0.493 e. The zero-order valence-corrected chi connectivity index (χ0v) is 13.4. The number of hydrogen-bond donors (Lipinski definition) is 1. The molecule has 4 heteroatoms. The Morgan fingerprint density at radius 3 is 2.70 bits per heavy atom. The Morgan fingerprint density at radius 1 is 1.40 bits per heavy atom. The third-order valence-electron chi connectivity index (χ3n) is 3.01. The Morgan fingerprint density at radius 2 is 2.10 bits per heavy atom. The normalized spacial score (nSPS) is 11.4. The molecule has 20 heavy (non-hydrogen) atoms. The number of rotatable bonds is 7. The molecule has 0 heterocycles. The van der Waals surface area contributed by atoms with E-state index >= 15 is 0 Å². The van der Waals surface area contributed by atoms with Gasteiger partial charge in [-0.3, -0.25) is 0 Å². The molecule has 1 rings (SSSR count). The van der Waals surface area contributed by atoms with E-state index in [0.29, 0.717) is 24.1 Å². The summed E-state index contributed by atoms with van der Waals surface area (Å²) in [4.78, 5) is 0. The highest BCUT2D eigenvalue weighted by Crippen LogP contribution is 2.25. The van der Waals surface area contributed by atoms with E-state index in [0.717, 1.165) is 17.9 Å². The van der Waals surface area contributed by atoms with Crippen LogP contribution in [0.25, 0.3) is 0 Å². The second kappa shape index (κ2) is 7.52. The molecule has 0 atom stereocenters. The average molecular weight is 295 g/mol. The molecule has 0 amide bonds. The number of halogens is 1. The van der Waals surface area contributed by atoms with E-state index < -0.39 is 0 Å². The summed E-state index contributed by atoms with van der Waals surface area (Å²) in [6, 6.07) is 8.31. The highest BCUT2D eigenvalue weighted by atomic mass is 35.5. The number of nitrogens with one attached hydrogen (secondary N) is 1. The van der Waals surface area contributed by atoms with Crippen molar-refractivity contribution in [1.29, 1.82) is 5.26 Å². The molecule has 0 aliphatic carbocycles. The van der Waals surface area contributed by atoms with Crippen molar-refractivity contribution in [3.05, 3.63) is 28.8 Å². The van der Waals surface area contributed by atoms with Crippen molar-refractivity contribution in [2.24, 2.45) is 5.41 Å². The standard InChI is InChI=1S/C16H23ClN2O/c1-12(2)19-10-13-9-14(17)5-6-15(13)20-8-7-16(3,4)11-18/h5-6,9,12,19H,7-8,10H2,1-4H3. The molecule has 0 aromatic heterocycles. The van der Waals surface area contributed by atoms with Crippen LogP contribution in [0.4, 0.5) is 0 Å². The van der Waals surface area contributed by atoms with Crippen molar-refractivity contribution >= 4 is 11.6 Å². The lowest BCUT2D eigenvalue weighted by atomic mass is 9.92. The van der Waals surface area contributed by atoms with Gasteiger partial charge in [-0.05, 0) is 38.5 Å². The molecule has 1 N–H and O–H groups in total. The van der Waals surface area contributed by atoms with Crippen LogP contribution in [0.5, 0.6) is 5.75 Å². The van der Waals surface area contributed by atoms with Gasteiger partial charge >= 0.3 is 0 Å². The van der Waals surface area contributed by atoms with Gasteiger partial charge in [-0.2, -0.15) is 5.26 Å². The molecule has 3 nitrogen and oxygen atoms in total. The van der Waals surface area contributed by atoms with Crippen LogP contribution in [0.2, 0.25) is 5.02 Å². The summed E-state index contributed by atoms with van der Waals surface area (Å²) in [6.45, 7) is 9.27. The van der Waals surface area contributed by atoms with E-state index in [9.17, 15) is 0 Å². The van der Waals surface area contributed by atoms with Gasteiger partial charge < -0.3 is 10.1 Å². The quantitative estimate of drug-likeness (QED) is 0.821. The molecule has 0 unspecified atom stereocenters. The van der Waals surface area contributed by atoms with Crippen molar-refractivity contribution < 1.29 is 4.74 Å². The Bertz CT molecular complexity index is 478. The Kier molecular flexibility index (Phi) is 6.32. The van der Waals surface area contributed by atoms with E-state index in [4.69, 9.17) is 21.6 Å². The van der Waals surface area contributed by atoms with Gasteiger partial charge in [0.2, 0.25) is 0 Å². The molecular weight excluding hydrogens is 272 g/mol. The van der Waals surface area contributed by atoms with Gasteiger partial charge in [-0.25, -0.2) is 0 Å². The zero-order chi connectivity index (χ0) is 15.2. The third kappa shape index (κ3) is 5.81. The molecular formula is C16H23ClN2O. The van der Waals surface area contributed by atoms with Gasteiger partial charge in [0, 0.05) is 23.2 Å². The lowest BCUT2D eigenvalue weighted by molar-refractivity contribution is 0.261. The van der Waals surface area contributed by atoms with Crippen LogP contribution in [-0.2, 0) is 6.54 Å². The maximum atomic E-state index is 8.99. The summed E-state index contributed by atoms with van der Waals surface area (Å²) in [5, 5.41) is 13.1. The monoisotopic (exact) mass is 294 g/mol. The van der Waals surface area contributed by atoms with Crippen LogP contribution < -0.4 is 10.1 Å². The van der Waals surface area contributed by atoms with Crippen molar-refractivity contribution in [2.75, 3.05) is 6.61 Å². The molecule has 0 aliphatic heterocycles. The maximum Gasteiger partial charge on any atom is 0.123 e. The molecule has 0 radical (unpaired) electrons. The Hall–Kier alpha value is -1.24. The maximum absolute atomic E-state index is 8.99. The minimum atomic E-state index is -0.358. The van der Waals surface area contributed by atoms with Gasteiger partial charge in [0.15, 0.2) is 0 Å². The second-order valence-corrected chi connectivity index (χ2v) is 6.32. The van der Waals surface area contributed by atoms with Crippen molar-refractivity contribution in [3.63, 3.8) is 0 Å². The van der Waals surface area contributed by atoms with Gasteiger partial charge in [-0.1, -0.05) is 25.4 Å². The van der Waals surface area contributed by atoms with Gasteiger partial charge in [0.05, 0.1) is 18.1 Å². The molecule has 110 valence electrons. The van der Waals surface area contributed by atoms with Crippen LogP contribution in [0.15, 0.2) is 18.2 Å². The third-order valence-corrected chi connectivity index (χ3v) is 3.25. The Labute approximate surface area is 126 Å². The van der Waals surface area contributed by atoms with Crippen LogP contribution in [-0.4, -0.2) is 12.6 Å². The van der Waals surface area contributed by atoms with E-state index in [-0.39, 0.29) is 5.41 Å². The molecule has 0 fully saturated rings. The highest BCUT2D eigenvalue weighted by molar-refractivity contribution is 6.30. The summed E-state index contributed by atoms with van der Waals surface area (Å²) in [5.74, 6) is 0.830. The summed E-state index contributed by atoms with van der Waals surface area (Å²) in [6.07, 6.45) is 0.698. The topological polar surface area (TPSA) is 45.0 Å². The van der Waals surface area contributed by atoms with E-state index in [2.05, 4.69) is 25.2 Å². The number of nitriles is 1. The van der Waals surface area contributed by atoms with E-state index in [1.807, 2.05) is 32.0 Å². The fourth-order valence-electron chi connectivity index (χ4n) is 1.61.